The number of hydrogen-bond donors (Lipinski definition) is 1. The zero-order chi connectivity index (χ0) is 24.8. The molecular weight excluding hydrogens is 436 g/mol. The maximum absolute atomic E-state index is 12.9. The van der Waals surface area contributed by atoms with E-state index in [-0.39, 0.29) is 12.1 Å². The molecule has 1 atom stereocenters. The fourth-order valence-electron chi connectivity index (χ4n) is 4.08. The molecule has 0 aliphatic rings. The number of nitrogens with zero attached hydrogens (tertiary/aromatic N) is 1. The van der Waals surface area contributed by atoms with Crippen molar-refractivity contribution in [3.63, 3.8) is 0 Å². The topological polar surface area (TPSA) is 68.3 Å². The Hall–Kier alpha value is -4.25. The van der Waals surface area contributed by atoms with Gasteiger partial charge in [-0.3, -0.25) is 9.78 Å². The number of pyridine rings is 1. The molecule has 4 rings (SSSR count). The van der Waals surface area contributed by atoms with Crippen LogP contribution in [-0.4, -0.2) is 30.0 Å². The highest BCUT2D eigenvalue weighted by Gasteiger charge is 2.26. The van der Waals surface area contributed by atoms with Gasteiger partial charge >= 0.3 is 5.97 Å². The Bertz CT molecular complexity index is 1250. The van der Waals surface area contributed by atoms with Gasteiger partial charge in [-0.05, 0) is 53.8 Å². The van der Waals surface area contributed by atoms with Crippen molar-refractivity contribution < 1.29 is 14.3 Å². The smallest absolute Gasteiger partial charge is 0.328 e. The number of hydrogen-bond acceptors (Lipinski definition) is 4. The molecule has 1 heterocycles. The number of carbonyl (C=O) groups excluding carboxylic acids is 2. The summed E-state index contributed by atoms with van der Waals surface area (Å²) in [6.45, 7) is 4.10. The number of nitrogens with one attached hydrogen (secondary N) is 1. The molecular formula is C30H28N2O3. The first kappa shape index (κ1) is 23.9. The van der Waals surface area contributed by atoms with Crippen LogP contribution in [0.2, 0.25) is 0 Å². The van der Waals surface area contributed by atoms with E-state index in [9.17, 15) is 9.59 Å². The van der Waals surface area contributed by atoms with E-state index in [4.69, 9.17) is 4.74 Å². The van der Waals surface area contributed by atoms with Crippen molar-refractivity contribution in [2.45, 2.75) is 26.3 Å². The van der Waals surface area contributed by atoms with Crippen LogP contribution in [-0.2, 0) is 16.0 Å². The number of rotatable bonds is 7. The number of aromatic nitrogens is 1. The highest BCUT2D eigenvalue weighted by atomic mass is 16.5. The minimum absolute atomic E-state index is 0.243. The maximum Gasteiger partial charge on any atom is 0.328 e. The summed E-state index contributed by atoms with van der Waals surface area (Å²) in [5, 5.41) is 2.83. The van der Waals surface area contributed by atoms with E-state index < -0.39 is 17.9 Å². The minimum atomic E-state index is -0.884. The van der Waals surface area contributed by atoms with E-state index in [1.54, 1.807) is 24.4 Å². The highest BCUT2D eigenvalue weighted by molar-refractivity contribution is 5.95. The van der Waals surface area contributed by atoms with Crippen LogP contribution < -0.4 is 5.32 Å². The minimum Gasteiger partial charge on any atom is -0.467 e. The first-order valence-electron chi connectivity index (χ1n) is 11.5. The van der Waals surface area contributed by atoms with Crippen LogP contribution in [0.25, 0.3) is 22.3 Å². The summed E-state index contributed by atoms with van der Waals surface area (Å²) in [5.41, 5.74) is 7.62. The molecule has 1 N–H and O–H groups in total. The van der Waals surface area contributed by atoms with Gasteiger partial charge < -0.3 is 10.1 Å². The van der Waals surface area contributed by atoms with Gasteiger partial charge in [0.2, 0.25) is 0 Å². The van der Waals surface area contributed by atoms with Crippen molar-refractivity contribution in [2.24, 2.45) is 0 Å². The molecule has 4 aromatic rings. The molecule has 0 aliphatic carbocycles. The van der Waals surface area contributed by atoms with Crippen LogP contribution in [0.15, 0.2) is 91.1 Å². The fraction of sp³-hybridized carbons (Fsp3) is 0.167. The SMILES string of the molecule is COC(=O)C(Cc1c(-c2ccc(C)cc2)cccc1-c1ccc(C)cc1)NC(=O)c1ccccn1. The van der Waals surface area contributed by atoms with Crippen LogP contribution in [0.4, 0.5) is 0 Å². The van der Waals surface area contributed by atoms with Gasteiger partial charge in [0.05, 0.1) is 7.11 Å². The van der Waals surface area contributed by atoms with Crippen molar-refractivity contribution in [1.29, 1.82) is 0 Å². The van der Waals surface area contributed by atoms with Crippen molar-refractivity contribution in [3.8, 4) is 22.3 Å². The Morgan fingerprint density at radius 3 is 1.86 bits per heavy atom. The average Bonchev–Trinajstić information content (AvgIpc) is 2.89. The lowest BCUT2D eigenvalue weighted by Crippen LogP contribution is -2.43. The summed E-state index contributed by atoms with van der Waals surface area (Å²) in [6, 6.07) is 26.9. The Kier molecular flexibility index (Phi) is 7.36. The van der Waals surface area contributed by atoms with Crippen LogP contribution >= 0.6 is 0 Å². The summed E-state index contributed by atoms with van der Waals surface area (Å²) in [6.07, 6.45) is 1.81. The van der Waals surface area contributed by atoms with E-state index >= 15 is 0 Å². The van der Waals surface area contributed by atoms with Crippen molar-refractivity contribution in [1.82, 2.24) is 10.3 Å². The van der Waals surface area contributed by atoms with Crippen LogP contribution in [0.3, 0.4) is 0 Å². The standard InChI is InChI=1S/C30H28N2O3/c1-20-10-14-22(15-11-20)24-7-6-8-25(23-16-12-21(2)13-17-23)26(24)19-28(30(34)35-3)32-29(33)27-9-4-5-18-31-27/h4-18,28H,19H2,1-3H3,(H,32,33). The second-order valence-electron chi connectivity index (χ2n) is 8.53. The summed E-state index contributed by atoms with van der Waals surface area (Å²) < 4.78 is 5.07. The lowest BCUT2D eigenvalue weighted by molar-refractivity contribution is -0.142. The Morgan fingerprint density at radius 1 is 0.800 bits per heavy atom. The second kappa shape index (κ2) is 10.8. The van der Waals surface area contributed by atoms with Gasteiger partial charge in [0, 0.05) is 12.6 Å². The first-order valence-corrected chi connectivity index (χ1v) is 11.5. The first-order chi connectivity index (χ1) is 17.0. The number of benzene rings is 3. The van der Waals surface area contributed by atoms with Crippen molar-refractivity contribution >= 4 is 11.9 Å². The molecule has 0 aliphatic heterocycles. The number of ether oxygens (including phenoxy) is 1. The number of aryl methyl sites for hydroxylation is 2. The Morgan fingerprint density at radius 2 is 1.37 bits per heavy atom. The molecule has 35 heavy (non-hydrogen) atoms. The summed E-state index contributed by atoms with van der Waals surface area (Å²) >= 11 is 0. The number of esters is 1. The molecule has 3 aromatic carbocycles. The third-order valence-electron chi connectivity index (χ3n) is 6.00. The number of methoxy groups -OCH3 is 1. The number of carbonyl (C=O) groups is 2. The molecule has 1 aromatic heterocycles. The van der Waals surface area contributed by atoms with Gasteiger partial charge in [-0.2, -0.15) is 0 Å². The van der Waals surface area contributed by atoms with Gasteiger partial charge in [0.25, 0.3) is 5.91 Å². The largest absolute Gasteiger partial charge is 0.467 e. The van der Waals surface area contributed by atoms with Gasteiger partial charge in [0.15, 0.2) is 0 Å². The molecule has 0 saturated carbocycles. The predicted molar refractivity (Wildman–Crippen MR) is 138 cm³/mol. The van der Waals surface area contributed by atoms with Gasteiger partial charge in [-0.15, -0.1) is 0 Å². The van der Waals surface area contributed by atoms with E-state index in [0.29, 0.717) is 0 Å². The molecule has 5 nitrogen and oxygen atoms in total. The van der Waals surface area contributed by atoms with Gasteiger partial charge in [-0.25, -0.2) is 4.79 Å². The molecule has 0 spiro atoms. The van der Waals surface area contributed by atoms with Crippen LogP contribution in [0.1, 0.15) is 27.2 Å². The second-order valence-corrected chi connectivity index (χ2v) is 8.53. The fourth-order valence-corrected chi connectivity index (χ4v) is 4.08. The third kappa shape index (κ3) is 5.64. The van der Waals surface area contributed by atoms with E-state index in [2.05, 4.69) is 58.8 Å². The van der Waals surface area contributed by atoms with Gasteiger partial charge in [-0.1, -0.05) is 83.9 Å². The summed E-state index contributed by atoms with van der Waals surface area (Å²) in [4.78, 5) is 29.8. The van der Waals surface area contributed by atoms with E-state index in [0.717, 1.165) is 27.8 Å². The van der Waals surface area contributed by atoms with Crippen LogP contribution in [0.5, 0.6) is 0 Å². The molecule has 0 radical (unpaired) electrons. The Labute approximate surface area is 205 Å². The maximum atomic E-state index is 12.9. The predicted octanol–water partition coefficient (Wildman–Crippen LogP) is 5.55. The normalized spacial score (nSPS) is 11.5. The molecule has 1 unspecified atom stereocenters. The molecule has 1 amide bonds. The average molecular weight is 465 g/mol. The van der Waals surface area contributed by atoms with E-state index in [1.807, 2.05) is 32.0 Å². The molecule has 0 fully saturated rings. The van der Waals surface area contributed by atoms with E-state index in [1.165, 1.54) is 18.2 Å². The van der Waals surface area contributed by atoms with Crippen molar-refractivity contribution in [3.05, 3.63) is 114 Å². The summed E-state index contributed by atoms with van der Waals surface area (Å²) in [5.74, 6) is -0.937. The van der Waals surface area contributed by atoms with Crippen LogP contribution in [0, 0.1) is 13.8 Å². The summed E-state index contributed by atoms with van der Waals surface area (Å²) in [7, 11) is 1.33. The third-order valence-corrected chi connectivity index (χ3v) is 6.00. The Balaban J connectivity index is 1.79. The zero-order valence-corrected chi connectivity index (χ0v) is 20.1. The molecule has 5 heteroatoms. The monoisotopic (exact) mass is 464 g/mol. The zero-order valence-electron chi connectivity index (χ0n) is 20.1. The van der Waals surface area contributed by atoms with Gasteiger partial charge in [0.1, 0.15) is 11.7 Å². The quantitative estimate of drug-likeness (QED) is 0.364. The lowest BCUT2D eigenvalue weighted by atomic mass is 9.87. The molecule has 176 valence electrons. The molecule has 0 bridgehead atoms. The molecule has 0 saturated heterocycles. The number of amides is 1. The highest BCUT2D eigenvalue weighted by Crippen LogP contribution is 2.34. The lowest BCUT2D eigenvalue weighted by Gasteiger charge is -2.21. The van der Waals surface area contributed by atoms with Crippen molar-refractivity contribution in [2.75, 3.05) is 7.11 Å².